The third-order valence-corrected chi connectivity index (χ3v) is 7.71. The predicted octanol–water partition coefficient (Wildman–Crippen LogP) is 5.56. The third kappa shape index (κ3) is 8.62. The Morgan fingerprint density at radius 2 is 1.41 bits per heavy atom. The minimum absolute atomic E-state index is 0.0215. The summed E-state index contributed by atoms with van der Waals surface area (Å²) in [4.78, 5) is 37.0. The van der Waals surface area contributed by atoms with E-state index in [9.17, 15) is 14.4 Å². The summed E-state index contributed by atoms with van der Waals surface area (Å²) < 4.78 is 0. The molecule has 0 spiro atoms. The molecule has 210 valence electrons. The van der Waals surface area contributed by atoms with Gasteiger partial charge in [0.1, 0.15) is 0 Å². The minimum Gasteiger partial charge on any atom is -0.355 e. The fraction of sp³-hybridized carbons (Fsp3) is 0.485. The zero-order chi connectivity index (χ0) is 28.5. The van der Waals surface area contributed by atoms with Gasteiger partial charge in [-0.3, -0.25) is 14.4 Å². The quantitative estimate of drug-likeness (QED) is 0.179. The maximum absolute atomic E-state index is 13.0. The fourth-order valence-electron chi connectivity index (χ4n) is 4.96. The van der Waals surface area contributed by atoms with E-state index < -0.39 is 0 Å². The number of ketones is 1. The fourth-order valence-corrected chi connectivity index (χ4v) is 4.96. The molecule has 0 radical (unpaired) electrons. The second kappa shape index (κ2) is 13.7. The first-order valence-corrected chi connectivity index (χ1v) is 14.3. The summed E-state index contributed by atoms with van der Waals surface area (Å²) in [5.74, 6) is -0.0796. The van der Waals surface area contributed by atoms with Crippen molar-refractivity contribution in [3.05, 3.63) is 76.4 Å². The molecule has 0 atom stereocenters. The van der Waals surface area contributed by atoms with E-state index in [1.807, 2.05) is 18.2 Å². The predicted molar refractivity (Wildman–Crippen MR) is 159 cm³/mol. The van der Waals surface area contributed by atoms with E-state index in [1.54, 1.807) is 24.3 Å². The number of allylic oxidation sites excluding steroid dienone is 1. The normalized spacial score (nSPS) is 15.5. The average Bonchev–Trinajstić information content (AvgIpc) is 2.92. The lowest BCUT2D eigenvalue weighted by atomic mass is 9.63. The van der Waals surface area contributed by atoms with E-state index in [4.69, 9.17) is 0 Å². The van der Waals surface area contributed by atoms with Crippen molar-refractivity contribution in [2.24, 2.45) is 0 Å². The lowest BCUT2D eigenvalue weighted by Crippen LogP contribution is -2.36. The molecule has 2 aromatic rings. The lowest BCUT2D eigenvalue weighted by Gasteiger charge is -2.42. The molecule has 0 aliphatic heterocycles. The molecular formula is C33H45N3O3. The van der Waals surface area contributed by atoms with E-state index >= 15 is 0 Å². The smallest absolute Gasteiger partial charge is 0.251 e. The Balaban J connectivity index is 1.46. The number of hydrogen-bond acceptors (Lipinski definition) is 4. The van der Waals surface area contributed by atoms with Gasteiger partial charge in [-0.1, -0.05) is 71.4 Å². The van der Waals surface area contributed by atoms with Gasteiger partial charge in [-0.15, -0.1) is 0 Å². The van der Waals surface area contributed by atoms with Crippen molar-refractivity contribution in [2.75, 3.05) is 26.2 Å². The number of nitrogens with one attached hydrogen (secondary N) is 3. The molecule has 0 saturated carbocycles. The van der Waals surface area contributed by atoms with Crippen molar-refractivity contribution in [3.8, 4) is 0 Å². The Morgan fingerprint density at radius 3 is 2.08 bits per heavy atom. The van der Waals surface area contributed by atoms with Crippen LogP contribution in [0.5, 0.6) is 0 Å². The van der Waals surface area contributed by atoms with Crippen molar-refractivity contribution >= 4 is 23.7 Å². The van der Waals surface area contributed by atoms with Gasteiger partial charge in [-0.05, 0) is 71.1 Å². The molecule has 0 fully saturated rings. The van der Waals surface area contributed by atoms with Gasteiger partial charge in [0.25, 0.3) is 5.91 Å². The highest BCUT2D eigenvalue weighted by Crippen LogP contribution is 2.45. The number of carbonyl (C=O) groups excluding carboxylic acids is 3. The Morgan fingerprint density at radius 1 is 0.795 bits per heavy atom. The summed E-state index contributed by atoms with van der Waals surface area (Å²) in [5, 5.41) is 8.98. The molecule has 0 aromatic heterocycles. The van der Waals surface area contributed by atoms with Gasteiger partial charge in [0.2, 0.25) is 5.91 Å². The first-order valence-electron chi connectivity index (χ1n) is 14.3. The van der Waals surface area contributed by atoms with Crippen molar-refractivity contribution in [1.29, 1.82) is 0 Å². The number of hydrogen-bond donors (Lipinski definition) is 3. The molecule has 6 heteroatoms. The van der Waals surface area contributed by atoms with E-state index in [0.29, 0.717) is 43.7 Å². The number of amides is 2. The van der Waals surface area contributed by atoms with Crippen molar-refractivity contribution in [1.82, 2.24) is 16.0 Å². The largest absolute Gasteiger partial charge is 0.355 e. The summed E-state index contributed by atoms with van der Waals surface area (Å²) in [6.07, 6.45) is 8.15. The highest BCUT2D eigenvalue weighted by atomic mass is 16.2. The zero-order valence-corrected chi connectivity index (χ0v) is 24.3. The number of carbonyl (C=O) groups is 3. The second-order valence-electron chi connectivity index (χ2n) is 11.8. The molecule has 0 bridgehead atoms. The van der Waals surface area contributed by atoms with Gasteiger partial charge < -0.3 is 16.0 Å². The summed E-state index contributed by atoms with van der Waals surface area (Å²) in [7, 11) is 0. The summed E-state index contributed by atoms with van der Waals surface area (Å²) in [6.45, 7) is 13.5. The van der Waals surface area contributed by atoms with Gasteiger partial charge in [0.15, 0.2) is 5.78 Å². The van der Waals surface area contributed by atoms with Crippen molar-refractivity contribution in [2.45, 2.75) is 77.6 Å². The third-order valence-electron chi connectivity index (χ3n) is 7.71. The number of rotatable bonds is 13. The topological polar surface area (TPSA) is 87.3 Å². The monoisotopic (exact) mass is 531 g/mol. The van der Waals surface area contributed by atoms with Crippen LogP contribution in [0.4, 0.5) is 0 Å². The van der Waals surface area contributed by atoms with E-state index in [0.717, 1.165) is 31.2 Å². The Kier molecular flexibility index (Phi) is 10.6. The second-order valence-corrected chi connectivity index (χ2v) is 11.8. The average molecular weight is 532 g/mol. The standard InChI is InChI=1S/C33H45N3O3/c1-6-7-8-30(38)35-21-19-34-20-22-36-31(39)25-12-9-24(10-13-25)11-16-29(37)26-14-15-27-28(23-26)33(4,5)18-17-32(27,2)3/h9-16,23,34H,6-8,17-22H2,1-5H3,(H,35,38)(H,36,39)/b16-11+. The summed E-state index contributed by atoms with van der Waals surface area (Å²) in [6, 6.07) is 13.4. The number of fused-ring (bicyclic) bond motifs is 1. The number of benzene rings is 2. The van der Waals surface area contributed by atoms with Crippen LogP contribution < -0.4 is 16.0 Å². The lowest BCUT2D eigenvalue weighted by molar-refractivity contribution is -0.121. The van der Waals surface area contributed by atoms with E-state index in [2.05, 4.69) is 62.7 Å². The molecule has 2 aromatic carbocycles. The van der Waals surface area contributed by atoms with Crippen LogP contribution >= 0.6 is 0 Å². The highest BCUT2D eigenvalue weighted by Gasteiger charge is 2.37. The maximum atomic E-state index is 13.0. The molecule has 0 unspecified atom stereocenters. The minimum atomic E-state index is -0.143. The van der Waals surface area contributed by atoms with Gasteiger partial charge in [0.05, 0.1) is 0 Å². The van der Waals surface area contributed by atoms with Gasteiger partial charge >= 0.3 is 0 Å². The van der Waals surface area contributed by atoms with Gasteiger partial charge in [0, 0.05) is 43.7 Å². The van der Waals surface area contributed by atoms with Crippen LogP contribution in [-0.4, -0.2) is 43.8 Å². The highest BCUT2D eigenvalue weighted by molar-refractivity contribution is 6.07. The van der Waals surface area contributed by atoms with Crippen LogP contribution in [0.1, 0.15) is 104 Å². The molecular weight excluding hydrogens is 486 g/mol. The molecule has 0 heterocycles. The zero-order valence-electron chi connectivity index (χ0n) is 24.3. The molecule has 0 saturated heterocycles. The molecule has 1 aliphatic carbocycles. The maximum Gasteiger partial charge on any atom is 0.251 e. The van der Waals surface area contributed by atoms with Crippen LogP contribution in [0, 0.1) is 0 Å². The van der Waals surface area contributed by atoms with E-state index in [-0.39, 0.29) is 28.4 Å². The van der Waals surface area contributed by atoms with Crippen LogP contribution in [0.2, 0.25) is 0 Å². The van der Waals surface area contributed by atoms with Gasteiger partial charge in [-0.25, -0.2) is 0 Å². The van der Waals surface area contributed by atoms with Crippen LogP contribution in [0.3, 0.4) is 0 Å². The Labute approximate surface area is 234 Å². The number of unbranched alkanes of at least 4 members (excludes halogenated alkanes) is 1. The molecule has 2 amide bonds. The van der Waals surface area contributed by atoms with Crippen LogP contribution in [0.25, 0.3) is 6.08 Å². The van der Waals surface area contributed by atoms with Crippen LogP contribution in [-0.2, 0) is 15.6 Å². The Bertz CT molecular complexity index is 1180. The van der Waals surface area contributed by atoms with Crippen molar-refractivity contribution in [3.63, 3.8) is 0 Å². The molecule has 6 nitrogen and oxygen atoms in total. The molecule has 39 heavy (non-hydrogen) atoms. The summed E-state index contributed by atoms with van der Waals surface area (Å²) >= 11 is 0. The SMILES string of the molecule is CCCCC(=O)NCCNCCNC(=O)c1ccc(/C=C/C(=O)c2ccc3c(c2)C(C)(C)CCC3(C)C)cc1. The molecule has 3 rings (SSSR count). The first kappa shape index (κ1) is 30.3. The van der Waals surface area contributed by atoms with E-state index in [1.165, 1.54) is 11.1 Å². The summed E-state index contributed by atoms with van der Waals surface area (Å²) in [5.41, 5.74) is 4.94. The van der Waals surface area contributed by atoms with Gasteiger partial charge in [-0.2, -0.15) is 0 Å². The van der Waals surface area contributed by atoms with Crippen molar-refractivity contribution < 1.29 is 14.4 Å². The first-order chi connectivity index (χ1) is 18.5. The molecule has 3 N–H and O–H groups in total. The molecule has 1 aliphatic rings. The Hall–Kier alpha value is -3.25. The van der Waals surface area contributed by atoms with Crippen LogP contribution in [0.15, 0.2) is 48.5 Å².